The quantitative estimate of drug-likeness (QED) is 0.782. The van der Waals surface area contributed by atoms with Gasteiger partial charge in [0.05, 0.1) is 6.54 Å². The first-order valence-electron chi connectivity index (χ1n) is 5.65. The van der Waals surface area contributed by atoms with E-state index >= 15 is 0 Å². The van der Waals surface area contributed by atoms with Crippen molar-refractivity contribution in [2.24, 2.45) is 0 Å². The third-order valence-corrected chi connectivity index (χ3v) is 2.49. The van der Waals surface area contributed by atoms with E-state index in [2.05, 4.69) is 0 Å². The van der Waals surface area contributed by atoms with Gasteiger partial charge in [-0.1, -0.05) is 12.1 Å². The lowest BCUT2D eigenvalue weighted by Crippen LogP contribution is -2.51. The van der Waals surface area contributed by atoms with Crippen LogP contribution in [0.2, 0.25) is 0 Å². The van der Waals surface area contributed by atoms with Crippen LogP contribution in [0.4, 0.5) is 26.3 Å². The Morgan fingerprint density at radius 2 is 1.76 bits per heavy atom. The molecule has 9 heteroatoms. The molecule has 0 atom stereocenters. The molecule has 0 aliphatic heterocycles. The van der Waals surface area contributed by atoms with E-state index in [1.165, 1.54) is 18.2 Å². The van der Waals surface area contributed by atoms with E-state index < -0.39 is 37.0 Å². The molecule has 0 saturated heterocycles. The van der Waals surface area contributed by atoms with Crippen LogP contribution in [0.25, 0.3) is 0 Å². The Kier molecular flexibility index (Phi) is 5.08. The van der Waals surface area contributed by atoms with Crippen molar-refractivity contribution in [3.63, 3.8) is 0 Å². The molecule has 21 heavy (non-hydrogen) atoms. The molecule has 0 fully saturated rings. The Hall–Kier alpha value is -1.93. The molecule has 0 bridgehead atoms. The maximum atomic E-state index is 13.1. The first-order chi connectivity index (χ1) is 9.57. The zero-order chi connectivity index (χ0) is 16.3. The van der Waals surface area contributed by atoms with Gasteiger partial charge in [-0.15, -0.1) is 0 Å². The Morgan fingerprint density at radius 1 is 1.19 bits per heavy atom. The van der Waals surface area contributed by atoms with Crippen LogP contribution in [0, 0.1) is 5.82 Å². The lowest BCUT2D eigenvalue weighted by molar-refractivity contribution is -0.274. The summed E-state index contributed by atoms with van der Waals surface area (Å²) in [5.74, 6) is -8.78. The first-order valence-corrected chi connectivity index (χ1v) is 5.65. The molecule has 3 nitrogen and oxygen atoms in total. The number of rotatable bonds is 5. The van der Waals surface area contributed by atoms with Gasteiger partial charge in [0.15, 0.2) is 11.6 Å². The molecule has 0 aromatic heterocycles. The highest BCUT2D eigenvalue weighted by Gasteiger charge is 2.64. The van der Waals surface area contributed by atoms with E-state index in [-0.39, 0.29) is 10.6 Å². The molecule has 0 heterocycles. The van der Waals surface area contributed by atoms with Crippen molar-refractivity contribution in [1.29, 1.82) is 0 Å². The van der Waals surface area contributed by atoms with Gasteiger partial charge in [0.2, 0.25) is 0 Å². The lowest BCUT2D eigenvalue weighted by atomic mass is 10.3. The highest BCUT2D eigenvalue weighted by Crippen LogP contribution is 2.36. The highest BCUT2D eigenvalue weighted by molar-refractivity contribution is 5.84. The summed E-state index contributed by atoms with van der Waals surface area (Å²) in [5.41, 5.74) is 0. The number of alkyl halides is 5. The van der Waals surface area contributed by atoms with Crippen molar-refractivity contribution >= 4 is 5.91 Å². The van der Waals surface area contributed by atoms with Crippen molar-refractivity contribution in [3.05, 3.63) is 30.1 Å². The molecule has 0 aliphatic rings. The summed E-state index contributed by atoms with van der Waals surface area (Å²) in [4.78, 5) is 11.2. The average Bonchev–Trinajstić information content (AvgIpc) is 2.38. The fourth-order valence-electron chi connectivity index (χ4n) is 1.32. The highest BCUT2D eigenvalue weighted by atomic mass is 19.4. The molecular formula is C12H11F6NO2. The van der Waals surface area contributed by atoms with E-state index in [1.807, 2.05) is 0 Å². The van der Waals surface area contributed by atoms with Crippen LogP contribution in [0.5, 0.6) is 5.75 Å². The molecule has 0 aliphatic carbocycles. The van der Waals surface area contributed by atoms with E-state index in [0.717, 1.165) is 13.1 Å². The van der Waals surface area contributed by atoms with Crippen LogP contribution >= 0.6 is 0 Å². The fraction of sp³-hybridized carbons (Fsp3) is 0.417. The maximum absolute atomic E-state index is 13.1. The molecular weight excluding hydrogens is 304 g/mol. The standard InChI is InChI=1S/C12H11F6NO2/c1-19(10(20)11(14,15)12(16,17)18)6-7-21-9-5-3-2-4-8(9)13/h2-5H,6-7H2,1H3. The minimum Gasteiger partial charge on any atom is -0.489 e. The smallest absolute Gasteiger partial charge is 0.463 e. The maximum Gasteiger partial charge on any atom is 0.463 e. The number of hydrogen-bond acceptors (Lipinski definition) is 2. The number of benzene rings is 1. The summed E-state index contributed by atoms with van der Waals surface area (Å²) in [6.45, 7) is -0.990. The molecule has 0 unspecified atom stereocenters. The second-order valence-electron chi connectivity index (χ2n) is 4.08. The average molecular weight is 315 g/mol. The SMILES string of the molecule is CN(CCOc1ccccc1F)C(=O)C(F)(F)C(F)(F)F. The molecule has 0 N–H and O–H groups in total. The van der Waals surface area contributed by atoms with Gasteiger partial charge in [0, 0.05) is 7.05 Å². The fourth-order valence-corrected chi connectivity index (χ4v) is 1.32. The summed E-state index contributed by atoms with van der Waals surface area (Å²) in [6, 6.07) is 5.18. The van der Waals surface area contributed by atoms with Gasteiger partial charge in [-0.25, -0.2) is 4.39 Å². The number of likely N-dealkylation sites (N-methyl/N-ethyl adjacent to an activating group) is 1. The zero-order valence-corrected chi connectivity index (χ0v) is 10.8. The van der Waals surface area contributed by atoms with Gasteiger partial charge >= 0.3 is 18.0 Å². The molecule has 1 aromatic rings. The number of halogens is 6. The summed E-state index contributed by atoms with van der Waals surface area (Å²) in [5, 5.41) is 0. The number of carbonyl (C=O) groups is 1. The molecule has 0 saturated carbocycles. The predicted octanol–water partition coefficient (Wildman–Crippen LogP) is 2.86. The summed E-state index contributed by atoms with van der Waals surface area (Å²) in [6.07, 6.45) is -5.97. The lowest BCUT2D eigenvalue weighted by Gasteiger charge is -2.24. The van der Waals surface area contributed by atoms with Crippen LogP contribution in [-0.4, -0.2) is 43.1 Å². The summed E-state index contributed by atoms with van der Waals surface area (Å²) in [7, 11) is 0.771. The van der Waals surface area contributed by atoms with E-state index in [1.54, 1.807) is 0 Å². The van der Waals surface area contributed by atoms with Gasteiger partial charge in [-0.3, -0.25) is 4.79 Å². The number of hydrogen-bond donors (Lipinski definition) is 0. The van der Waals surface area contributed by atoms with Gasteiger partial charge < -0.3 is 9.64 Å². The molecule has 118 valence electrons. The monoisotopic (exact) mass is 315 g/mol. The summed E-state index contributed by atoms with van der Waals surface area (Å²) >= 11 is 0. The second-order valence-corrected chi connectivity index (χ2v) is 4.08. The van der Waals surface area contributed by atoms with Crippen molar-refractivity contribution in [1.82, 2.24) is 4.90 Å². The number of ether oxygens (including phenoxy) is 1. The Labute approximate surface area is 116 Å². The molecule has 1 aromatic carbocycles. The third kappa shape index (κ3) is 4.02. The topological polar surface area (TPSA) is 29.5 Å². The molecule has 0 spiro atoms. The predicted molar refractivity (Wildman–Crippen MR) is 60.5 cm³/mol. The van der Waals surface area contributed by atoms with E-state index in [4.69, 9.17) is 4.74 Å². The van der Waals surface area contributed by atoms with Crippen LogP contribution in [0.15, 0.2) is 24.3 Å². The summed E-state index contributed by atoms with van der Waals surface area (Å²) < 4.78 is 79.6. The van der Waals surface area contributed by atoms with Crippen LogP contribution in [0.3, 0.4) is 0 Å². The minimum absolute atomic E-state index is 0.175. The normalized spacial score (nSPS) is 12.1. The van der Waals surface area contributed by atoms with Gasteiger partial charge in [-0.2, -0.15) is 22.0 Å². The number of carbonyl (C=O) groups excluding carboxylic acids is 1. The van der Waals surface area contributed by atoms with Gasteiger partial charge in [0.25, 0.3) is 0 Å². The minimum atomic E-state index is -5.97. The van der Waals surface area contributed by atoms with E-state index in [9.17, 15) is 31.1 Å². The van der Waals surface area contributed by atoms with Crippen molar-refractivity contribution < 1.29 is 35.9 Å². The Balaban J connectivity index is 2.57. The van der Waals surface area contributed by atoms with Crippen molar-refractivity contribution in [2.45, 2.75) is 12.1 Å². The first kappa shape index (κ1) is 17.1. The van der Waals surface area contributed by atoms with Crippen LogP contribution in [-0.2, 0) is 4.79 Å². The number of amides is 1. The molecule has 0 radical (unpaired) electrons. The van der Waals surface area contributed by atoms with Gasteiger partial charge in [0.1, 0.15) is 6.61 Å². The van der Waals surface area contributed by atoms with Crippen LogP contribution < -0.4 is 4.74 Å². The second kappa shape index (κ2) is 6.23. The molecule has 1 amide bonds. The third-order valence-electron chi connectivity index (χ3n) is 2.49. The van der Waals surface area contributed by atoms with Crippen LogP contribution in [0.1, 0.15) is 0 Å². The zero-order valence-electron chi connectivity index (χ0n) is 10.8. The number of para-hydroxylation sites is 1. The van der Waals surface area contributed by atoms with Crippen molar-refractivity contribution in [2.75, 3.05) is 20.2 Å². The van der Waals surface area contributed by atoms with Gasteiger partial charge in [-0.05, 0) is 12.1 Å². The Morgan fingerprint density at radius 3 is 2.29 bits per heavy atom. The number of nitrogens with zero attached hydrogens (tertiary/aromatic N) is 1. The Bertz CT molecular complexity index is 503. The largest absolute Gasteiger partial charge is 0.489 e. The van der Waals surface area contributed by atoms with E-state index in [0.29, 0.717) is 0 Å². The van der Waals surface area contributed by atoms with Crippen molar-refractivity contribution in [3.8, 4) is 5.75 Å². The molecule has 1 rings (SSSR count).